The van der Waals surface area contributed by atoms with Gasteiger partial charge in [-0.15, -0.1) is 13.2 Å². The molecule has 4 rings (SSSR count). The number of ether oxygens (including phenoxy) is 3. The van der Waals surface area contributed by atoms with Crippen LogP contribution in [0.5, 0.6) is 5.75 Å². The number of fused-ring (bicyclic) bond motifs is 1. The van der Waals surface area contributed by atoms with Gasteiger partial charge in [-0.2, -0.15) is 5.10 Å². The minimum absolute atomic E-state index is 0.0781. The highest BCUT2D eigenvalue weighted by atomic mass is 127. The van der Waals surface area contributed by atoms with Gasteiger partial charge < -0.3 is 29.4 Å². The van der Waals surface area contributed by atoms with E-state index in [9.17, 15) is 31.5 Å². The molecule has 18 heteroatoms. The van der Waals surface area contributed by atoms with Crippen molar-refractivity contribution < 1.29 is 41.0 Å². The number of nitrogens with one attached hydrogen (secondary N) is 2. The minimum atomic E-state index is -5.27. The van der Waals surface area contributed by atoms with Crippen molar-refractivity contribution in [2.45, 2.75) is 52.1 Å². The number of nitrogens with zero attached hydrogens (tertiary/aromatic N) is 4. The summed E-state index contributed by atoms with van der Waals surface area (Å²) >= 11 is 2.24. The van der Waals surface area contributed by atoms with Crippen molar-refractivity contribution in [3.8, 4) is 17.0 Å². The number of halogens is 6. The average molecular weight is 810 g/mol. The molecule has 2 N–H and O–H groups in total. The molecule has 0 radical (unpaired) electrons. The summed E-state index contributed by atoms with van der Waals surface area (Å²) in [5, 5.41) is 8.72. The number of benzene rings is 2. The molecular weight excluding hydrogens is 777 g/mol. The molecule has 0 aliphatic rings. The fourth-order valence-corrected chi connectivity index (χ4v) is 6.13. The van der Waals surface area contributed by atoms with Crippen LogP contribution in [0, 0.1) is 11.6 Å². The number of hydrogen-bond acceptors (Lipinski definition) is 8. The third-order valence-electron chi connectivity index (χ3n) is 6.58. The summed E-state index contributed by atoms with van der Waals surface area (Å²) in [6.07, 6.45) is -1.47. The number of rotatable bonds is 14. The Morgan fingerprint density at radius 1 is 1.10 bits per heavy atom. The molecule has 2 aromatic carbocycles. The van der Waals surface area contributed by atoms with E-state index in [1.165, 1.54) is 11.1 Å². The lowest BCUT2D eigenvalue weighted by Crippen LogP contribution is -2.37. The van der Waals surface area contributed by atoms with Crippen LogP contribution in [0.25, 0.3) is 22.2 Å². The second-order valence-corrected chi connectivity index (χ2v) is 13.5. The first-order valence-electron chi connectivity index (χ1n) is 14.6. The Morgan fingerprint density at radius 3 is 2.48 bits per heavy atom. The van der Waals surface area contributed by atoms with Crippen LogP contribution in [0.2, 0.25) is 0 Å². The predicted octanol–water partition coefficient (Wildman–Crippen LogP) is 7.40. The number of aromatic nitrogens is 4. The number of H-pyrrole nitrogens is 1. The lowest BCUT2D eigenvalue weighted by Gasteiger charge is -2.27. The number of carbonyl (C=O) groups excluding carboxylic acids is 1. The Hall–Kier alpha value is -3.57. The predicted molar refractivity (Wildman–Crippen MR) is 180 cm³/mol. The van der Waals surface area contributed by atoms with E-state index in [1.54, 1.807) is 33.0 Å². The number of unbranched alkanes of at least 4 members (excludes halogenated alkanes) is 1. The van der Waals surface area contributed by atoms with Crippen molar-refractivity contribution >= 4 is 51.1 Å². The van der Waals surface area contributed by atoms with Crippen LogP contribution in [0.15, 0.2) is 47.5 Å². The van der Waals surface area contributed by atoms with Gasteiger partial charge in [-0.05, 0) is 91.5 Å². The van der Waals surface area contributed by atoms with Gasteiger partial charge in [0.05, 0.1) is 30.4 Å². The number of anilines is 1. The SMILES string of the molecule is CC(C)(C)OC(=O)N(CCCCOCCNc1cc(-c2ccnc(=O)[nH]2)cc2c1cnn2PI)Cc1cc(F)c(OC(F)(F)F)c(F)c1. The van der Waals surface area contributed by atoms with Gasteiger partial charge in [0.2, 0.25) is 5.75 Å². The Morgan fingerprint density at radius 2 is 1.83 bits per heavy atom. The molecule has 1 unspecified atom stereocenters. The molecule has 1 atom stereocenters. The van der Waals surface area contributed by atoms with E-state index in [0.29, 0.717) is 56.8 Å². The van der Waals surface area contributed by atoms with Gasteiger partial charge in [0, 0.05) is 49.1 Å². The Labute approximate surface area is 286 Å². The van der Waals surface area contributed by atoms with E-state index in [1.807, 2.05) is 16.6 Å². The maximum Gasteiger partial charge on any atom is 0.573 e. The average Bonchev–Trinajstić information content (AvgIpc) is 3.41. The molecule has 0 saturated heterocycles. The van der Waals surface area contributed by atoms with Gasteiger partial charge in [0.1, 0.15) is 5.60 Å². The molecule has 11 nitrogen and oxygen atoms in total. The van der Waals surface area contributed by atoms with Crippen LogP contribution in [-0.4, -0.2) is 68.8 Å². The number of alkyl halides is 3. The Balaban J connectivity index is 1.31. The van der Waals surface area contributed by atoms with Gasteiger partial charge in [-0.25, -0.2) is 27.8 Å². The third-order valence-corrected chi connectivity index (χ3v) is 8.47. The van der Waals surface area contributed by atoms with E-state index in [0.717, 1.165) is 22.2 Å². The van der Waals surface area contributed by atoms with Crippen molar-refractivity contribution in [2.75, 3.05) is 31.6 Å². The zero-order valence-electron chi connectivity index (χ0n) is 26.1. The zero-order valence-corrected chi connectivity index (χ0v) is 29.2. The van der Waals surface area contributed by atoms with Crippen LogP contribution in [0.4, 0.5) is 32.4 Å². The first kappa shape index (κ1) is 37.3. The first-order chi connectivity index (χ1) is 22.6. The van der Waals surface area contributed by atoms with Crippen molar-refractivity contribution in [3.63, 3.8) is 0 Å². The molecule has 0 fully saturated rings. The second kappa shape index (κ2) is 16.2. The summed E-state index contributed by atoms with van der Waals surface area (Å²) < 4.78 is 82.7. The third kappa shape index (κ3) is 10.7. The molecular formula is C30H33F5IN6O5P. The molecule has 4 aromatic rings. The lowest BCUT2D eigenvalue weighted by molar-refractivity contribution is -0.276. The maximum absolute atomic E-state index is 14.3. The summed E-state index contributed by atoms with van der Waals surface area (Å²) in [4.78, 5) is 32.3. The molecule has 2 aromatic heterocycles. The van der Waals surface area contributed by atoms with Crippen molar-refractivity contribution in [3.05, 3.63) is 70.4 Å². The number of aromatic amines is 1. The maximum atomic E-state index is 14.3. The van der Waals surface area contributed by atoms with Crippen LogP contribution in [0.3, 0.4) is 0 Å². The summed E-state index contributed by atoms with van der Waals surface area (Å²) in [5.41, 5.74) is 1.71. The molecule has 0 aliphatic carbocycles. The number of amides is 1. The van der Waals surface area contributed by atoms with E-state index in [4.69, 9.17) is 9.47 Å². The minimum Gasteiger partial charge on any atom is -0.444 e. The van der Waals surface area contributed by atoms with Gasteiger partial charge >= 0.3 is 18.1 Å². The van der Waals surface area contributed by atoms with Gasteiger partial charge in [0.25, 0.3) is 0 Å². The lowest BCUT2D eigenvalue weighted by atomic mass is 10.1. The molecule has 0 aliphatic heterocycles. The van der Waals surface area contributed by atoms with Crippen molar-refractivity contribution in [1.82, 2.24) is 24.4 Å². The van der Waals surface area contributed by atoms with E-state index < -0.39 is 41.1 Å². The monoisotopic (exact) mass is 810 g/mol. The quantitative estimate of drug-likeness (QED) is 0.0585. The van der Waals surface area contributed by atoms with Crippen LogP contribution < -0.4 is 15.7 Å². The highest BCUT2D eigenvalue weighted by molar-refractivity contribution is 14.2. The smallest absolute Gasteiger partial charge is 0.444 e. The summed E-state index contributed by atoms with van der Waals surface area (Å²) in [5.74, 6) is -4.67. The number of carbonyl (C=O) groups is 1. The summed E-state index contributed by atoms with van der Waals surface area (Å²) in [6, 6.07) is 6.95. The van der Waals surface area contributed by atoms with E-state index in [2.05, 4.69) is 47.2 Å². The first-order valence-corrected chi connectivity index (χ1v) is 18.7. The van der Waals surface area contributed by atoms with Crippen molar-refractivity contribution in [1.29, 1.82) is 0 Å². The fourth-order valence-electron chi connectivity index (χ4n) is 4.60. The second-order valence-electron chi connectivity index (χ2n) is 11.5. The van der Waals surface area contributed by atoms with Crippen LogP contribution in [0.1, 0.15) is 39.2 Å². The number of hydrogen-bond donors (Lipinski definition) is 2. The Kier molecular flexibility index (Phi) is 12.6. The highest BCUT2D eigenvalue weighted by Gasteiger charge is 2.34. The molecule has 0 bridgehead atoms. The molecule has 1 amide bonds. The Bertz CT molecular complexity index is 1760. The standard InChI is InChI=1S/C30H33F5IN6O5P/c1-29(2,3)47-28(44)41(17-18-12-21(31)26(22(32)13-18)46-30(33,34)35)9-4-5-10-45-11-8-37-24-14-19(23-6-7-38-27(43)40-23)15-25-20(24)16-39-42(25)48-36/h6-7,12-16,37,48H,4-5,8-11,17H2,1-3H3,(H,38,40,43). The molecule has 48 heavy (non-hydrogen) atoms. The largest absolute Gasteiger partial charge is 0.573 e. The fraction of sp³-hybridized carbons (Fsp3) is 0.400. The van der Waals surface area contributed by atoms with E-state index in [-0.39, 0.29) is 18.7 Å². The molecule has 2 heterocycles. The molecule has 0 saturated carbocycles. The van der Waals surface area contributed by atoms with Gasteiger partial charge in [0.15, 0.2) is 11.6 Å². The molecule has 260 valence electrons. The normalized spacial score (nSPS) is 12.2. The van der Waals surface area contributed by atoms with Gasteiger partial charge in [-0.1, -0.05) is 0 Å². The highest BCUT2D eigenvalue weighted by Crippen LogP contribution is 2.35. The van der Waals surface area contributed by atoms with Gasteiger partial charge in [-0.3, -0.25) is 0 Å². The van der Waals surface area contributed by atoms with Crippen molar-refractivity contribution in [2.24, 2.45) is 0 Å². The van der Waals surface area contributed by atoms with Crippen LogP contribution >= 0.6 is 28.4 Å². The summed E-state index contributed by atoms with van der Waals surface area (Å²) in [7, 11) is 0. The molecule has 0 spiro atoms. The topological polar surface area (TPSA) is 124 Å². The summed E-state index contributed by atoms with van der Waals surface area (Å²) in [6.45, 7) is 5.94. The zero-order chi connectivity index (χ0) is 35.1. The van der Waals surface area contributed by atoms with E-state index >= 15 is 0 Å². The van der Waals surface area contributed by atoms with Crippen LogP contribution in [-0.2, 0) is 16.0 Å².